The molecule has 0 amide bonds. The topological polar surface area (TPSA) is 76.0 Å². The Morgan fingerprint density at radius 3 is 2.63 bits per heavy atom. The lowest BCUT2D eigenvalue weighted by Gasteiger charge is -2.19. The first kappa shape index (κ1) is 16.1. The van der Waals surface area contributed by atoms with Crippen molar-refractivity contribution in [3.8, 4) is 0 Å². The molecule has 0 aliphatic rings. The summed E-state index contributed by atoms with van der Waals surface area (Å²) >= 11 is 0. The molecule has 7 heteroatoms. The van der Waals surface area contributed by atoms with Gasteiger partial charge in [0, 0.05) is 18.8 Å². The Kier molecular flexibility index (Phi) is 5.96. The third kappa shape index (κ3) is 4.59. The molecular weight excluding hydrogens is 264 g/mol. The number of hydrogen-bond donors (Lipinski definition) is 2. The molecule has 1 atom stereocenters. The van der Waals surface area contributed by atoms with Crippen molar-refractivity contribution in [2.24, 2.45) is 5.92 Å². The fourth-order valence-corrected chi connectivity index (χ4v) is 3.21. The van der Waals surface area contributed by atoms with Crippen LogP contribution >= 0.6 is 0 Å². The van der Waals surface area contributed by atoms with E-state index in [0.29, 0.717) is 6.54 Å². The van der Waals surface area contributed by atoms with Crippen molar-refractivity contribution in [3.05, 3.63) is 12.4 Å². The van der Waals surface area contributed by atoms with Gasteiger partial charge in [0.1, 0.15) is 4.90 Å². The fraction of sp³-hybridized carbons (Fsp3) is 0.750. The van der Waals surface area contributed by atoms with E-state index in [2.05, 4.69) is 15.1 Å². The molecule has 1 aromatic rings. The highest BCUT2D eigenvalue weighted by atomic mass is 32.2. The van der Waals surface area contributed by atoms with Gasteiger partial charge in [-0.15, -0.1) is 0 Å². The summed E-state index contributed by atoms with van der Waals surface area (Å²) in [7, 11) is -1.63. The standard InChI is InChI=1S/C12H24N4O2S/c1-5-12(10(2)3)15-19(17,18)11-8-14-16(9-11)7-6-13-4/h8-10,12-13,15H,5-7H2,1-4H3. The lowest BCUT2D eigenvalue weighted by atomic mass is 10.0. The van der Waals surface area contributed by atoms with E-state index in [1.165, 1.54) is 6.20 Å². The number of hydrogen-bond acceptors (Lipinski definition) is 4. The minimum absolute atomic E-state index is 0.0503. The molecule has 0 aromatic carbocycles. The van der Waals surface area contributed by atoms with Gasteiger partial charge in [0.05, 0.1) is 12.7 Å². The summed E-state index contributed by atoms with van der Waals surface area (Å²) in [5.41, 5.74) is 0. The minimum Gasteiger partial charge on any atom is -0.318 e. The molecule has 0 radical (unpaired) electrons. The van der Waals surface area contributed by atoms with Gasteiger partial charge in [0.25, 0.3) is 0 Å². The zero-order valence-corrected chi connectivity index (χ0v) is 12.9. The van der Waals surface area contributed by atoms with Gasteiger partial charge in [-0.1, -0.05) is 20.8 Å². The van der Waals surface area contributed by atoms with Crippen LogP contribution in [0.3, 0.4) is 0 Å². The quantitative estimate of drug-likeness (QED) is 0.742. The molecule has 1 aromatic heterocycles. The van der Waals surface area contributed by atoms with Crippen molar-refractivity contribution in [1.29, 1.82) is 0 Å². The number of rotatable bonds is 8. The number of nitrogens with zero attached hydrogens (tertiary/aromatic N) is 2. The Morgan fingerprint density at radius 1 is 1.42 bits per heavy atom. The van der Waals surface area contributed by atoms with E-state index in [4.69, 9.17) is 0 Å². The highest BCUT2D eigenvalue weighted by Gasteiger charge is 2.22. The van der Waals surface area contributed by atoms with Gasteiger partial charge < -0.3 is 5.32 Å². The molecule has 1 unspecified atom stereocenters. The highest BCUT2D eigenvalue weighted by Crippen LogP contribution is 2.12. The SMILES string of the molecule is CCC(NS(=O)(=O)c1cnn(CCNC)c1)C(C)C. The first-order chi connectivity index (χ1) is 8.90. The predicted molar refractivity (Wildman–Crippen MR) is 75.4 cm³/mol. The third-order valence-corrected chi connectivity index (χ3v) is 4.51. The van der Waals surface area contributed by atoms with Crippen LogP contribution in [0.2, 0.25) is 0 Å². The molecular formula is C12H24N4O2S. The molecule has 6 nitrogen and oxygen atoms in total. The second-order valence-corrected chi connectivity index (χ2v) is 6.64. The normalized spacial score (nSPS) is 13.9. The summed E-state index contributed by atoms with van der Waals surface area (Å²) in [5.74, 6) is 0.263. The smallest absolute Gasteiger partial charge is 0.243 e. The molecule has 2 N–H and O–H groups in total. The van der Waals surface area contributed by atoms with Gasteiger partial charge in [-0.2, -0.15) is 5.10 Å². The zero-order valence-electron chi connectivity index (χ0n) is 12.0. The average Bonchev–Trinajstić information content (AvgIpc) is 2.82. The zero-order chi connectivity index (χ0) is 14.5. The van der Waals surface area contributed by atoms with Crippen LogP contribution in [-0.2, 0) is 16.6 Å². The van der Waals surface area contributed by atoms with Crippen LogP contribution in [0.5, 0.6) is 0 Å². The number of likely N-dealkylation sites (N-methyl/N-ethyl adjacent to an activating group) is 1. The molecule has 0 bridgehead atoms. The number of sulfonamides is 1. The van der Waals surface area contributed by atoms with Gasteiger partial charge in [-0.05, 0) is 19.4 Å². The maximum absolute atomic E-state index is 12.2. The Balaban J connectivity index is 2.79. The van der Waals surface area contributed by atoms with E-state index in [1.807, 2.05) is 27.8 Å². The van der Waals surface area contributed by atoms with E-state index in [-0.39, 0.29) is 16.9 Å². The second-order valence-electron chi connectivity index (χ2n) is 4.92. The average molecular weight is 288 g/mol. The third-order valence-electron chi connectivity index (χ3n) is 3.06. The van der Waals surface area contributed by atoms with Crippen LogP contribution in [0.25, 0.3) is 0 Å². The van der Waals surface area contributed by atoms with Gasteiger partial charge in [-0.3, -0.25) is 4.68 Å². The maximum Gasteiger partial charge on any atom is 0.243 e. The summed E-state index contributed by atoms with van der Waals surface area (Å²) in [5, 5.41) is 7.05. The monoisotopic (exact) mass is 288 g/mol. The Labute approximate surface area is 115 Å². The van der Waals surface area contributed by atoms with Crippen LogP contribution in [0.15, 0.2) is 17.3 Å². The van der Waals surface area contributed by atoms with Gasteiger partial charge in [0.15, 0.2) is 0 Å². The van der Waals surface area contributed by atoms with E-state index in [1.54, 1.807) is 10.9 Å². The summed E-state index contributed by atoms with van der Waals surface area (Å²) < 4.78 is 28.8. The van der Waals surface area contributed by atoms with Gasteiger partial charge in [-0.25, -0.2) is 13.1 Å². The number of aromatic nitrogens is 2. The number of nitrogens with one attached hydrogen (secondary N) is 2. The molecule has 0 saturated carbocycles. The molecule has 19 heavy (non-hydrogen) atoms. The van der Waals surface area contributed by atoms with Crippen LogP contribution in [0, 0.1) is 5.92 Å². The van der Waals surface area contributed by atoms with E-state index < -0.39 is 10.0 Å². The molecule has 0 saturated heterocycles. The minimum atomic E-state index is -3.47. The highest BCUT2D eigenvalue weighted by molar-refractivity contribution is 7.89. The van der Waals surface area contributed by atoms with E-state index in [0.717, 1.165) is 13.0 Å². The van der Waals surface area contributed by atoms with Gasteiger partial charge in [0.2, 0.25) is 10.0 Å². The Morgan fingerprint density at radius 2 is 2.11 bits per heavy atom. The molecule has 0 aliphatic heterocycles. The predicted octanol–water partition coefficient (Wildman–Crippen LogP) is 0.815. The van der Waals surface area contributed by atoms with Crippen molar-refractivity contribution in [2.45, 2.75) is 44.7 Å². The van der Waals surface area contributed by atoms with Gasteiger partial charge >= 0.3 is 0 Å². The van der Waals surface area contributed by atoms with Crippen molar-refractivity contribution < 1.29 is 8.42 Å². The van der Waals surface area contributed by atoms with Crippen molar-refractivity contribution in [2.75, 3.05) is 13.6 Å². The first-order valence-corrected chi connectivity index (χ1v) is 8.08. The largest absolute Gasteiger partial charge is 0.318 e. The first-order valence-electron chi connectivity index (χ1n) is 6.60. The summed E-state index contributed by atoms with van der Waals surface area (Å²) in [6.07, 6.45) is 3.72. The van der Waals surface area contributed by atoms with Crippen molar-refractivity contribution in [3.63, 3.8) is 0 Å². The maximum atomic E-state index is 12.2. The lowest BCUT2D eigenvalue weighted by Crippen LogP contribution is -2.37. The van der Waals surface area contributed by atoms with Crippen LogP contribution in [0.1, 0.15) is 27.2 Å². The van der Waals surface area contributed by atoms with Crippen LogP contribution in [-0.4, -0.2) is 37.8 Å². The molecule has 110 valence electrons. The lowest BCUT2D eigenvalue weighted by molar-refractivity contribution is 0.437. The Hall–Kier alpha value is -0.920. The van der Waals surface area contributed by atoms with E-state index in [9.17, 15) is 8.42 Å². The summed E-state index contributed by atoms with van der Waals surface area (Å²) in [6.45, 7) is 7.38. The molecule has 1 rings (SSSR count). The van der Waals surface area contributed by atoms with Crippen LogP contribution < -0.4 is 10.0 Å². The Bertz CT molecular complexity index is 482. The van der Waals surface area contributed by atoms with Crippen molar-refractivity contribution >= 4 is 10.0 Å². The fourth-order valence-electron chi connectivity index (χ4n) is 1.79. The molecule has 0 aliphatic carbocycles. The summed E-state index contributed by atoms with van der Waals surface area (Å²) in [6, 6.07) is -0.0503. The molecule has 0 spiro atoms. The van der Waals surface area contributed by atoms with E-state index >= 15 is 0 Å². The molecule has 1 heterocycles. The van der Waals surface area contributed by atoms with Crippen molar-refractivity contribution in [1.82, 2.24) is 19.8 Å². The van der Waals surface area contributed by atoms with Crippen LogP contribution in [0.4, 0.5) is 0 Å². The second kappa shape index (κ2) is 7.02. The summed E-state index contributed by atoms with van der Waals surface area (Å²) in [4.78, 5) is 0.225. The molecule has 0 fully saturated rings.